The second kappa shape index (κ2) is 7.09. The average Bonchev–Trinajstić information content (AvgIpc) is 2.95. The molecular weight excluding hydrogens is 356 g/mol. The van der Waals surface area contributed by atoms with Gasteiger partial charge in [-0.25, -0.2) is 9.79 Å². The van der Waals surface area contributed by atoms with E-state index in [1.54, 1.807) is 6.08 Å². The molecule has 0 bridgehead atoms. The minimum Gasteiger partial charge on any atom is -0.402 e. The van der Waals surface area contributed by atoms with Gasteiger partial charge in [-0.05, 0) is 29.2 Å². The third-order valence-electron chi connectivity index (χ3n) is 3.92. The Balaban J connectivity index is 1.90. The number of nitro benzene ring substituents is 1. The summed E-state index contributed by atoms with van der Waals surface area (Å²) in [5.41, 5.74) is 2.34. The van der Waals surface area contributed by atoms with Gasteiger partial charge >= 0.3 is 5.97 Å². The molecule has 0 saturated heterocycles. The number of nitrogens with zero attached hydrogens (tertiary/aromatic N) is 2. The van der Waals surface area contributed by atoms with Crippen LogP contribution < -0.4 is 0 Å². The van der Waals surface area contributed by atoms with Crippen molar-refractivity contribution in [3.05, 3.63) is 80.0 Å². The number of esters is 1. The first-order valence-corrected chi connectivity index (χ1v) is 8.30. The van der Waals surface area contributed by atoms with Crippen molar-refractivity contribution in [1.82, 2.24) is 0 Å². The molecule has 6 nitrogen and oxygen atoms in total. The van der Waals surface area contributed by atoms with Gasteiger partial charge in [0.2, 0.25) is 5.90 Å². The highest BCUT2D eigenvalue weighted by molar-refractivity contribution is 6.34. The van der Waals surface area contributed by atoms with Crippen LogP contribution >= 0.6 is 11.6 Å². The number of rotatable bonds is 4. The maximum absolute atomic E-state index is 12.1. The highest BCUT2D eigenvalue weighted by atomic mass is 35.5. The summed E-state index contributed by atoms with van der Waals surface area (Å²) in [5, 5.41) is 10.9. The lowest BCUT2D eigenvalue weighted by molar-refractivity contribution is -0.384. The molecule has 26 heavy (non-hydrogen) atoms. The summed E-state index contributed by atoms with van der Waals surface area (Å²) in [7, 11) is 0. The van der Waals surface area contributed by atoms with E-state index >= 15 is 0 Å². The number of carbonyl (C=O) groups excluding carboxylic acids is 1. The van der Waals surface area contributed by atoms with Gasteiger partial charge in [0.15, 0.2) is 5.70 Å². The first-order valence-electron chi connectivity index (χ1n) is 7.92. The lowest BCUT2D eigenvalue weighted by atomic mass is 10.0. The summed E-state index contributed by atoms with van der Waals surface area (Å²) in [6, 6.07) is 11.7. The molecule has 0 aliphatic carbocycles. The lowest BCUT2D eigenvalue weighted by Gasteiger charge is -2.04. The number of ether oxygens (including phenoxy) is 1. The standard InChI is InChI=1S/C19H15ClN2O4/c1-11(2)13-5-3-12(4-6-13)9-17-19(23)26-18(21-17)15-8-7-14(22(24)25)10-16(15)20/h3-11H,1-2H3. The van der Waals surface area contributed by atoms with E-state index in [2.05, 4.69) is 18.8 Å². The van der Waals surface area contributed by atoms with Crippen molar-refractivity contribution in [2.75, 3.05) is 0 Å². The van der Waals surface area contributed by atoms with E-state index in [0.29, 0.717) is 11.5 Å². The Labute approximate surface area is 154 Å². The maximum atomic E-state index is 12.1. The van der Waals surface area contributed by atoms with Crippen molar-refractivity contribution in [3.8, 4) is 0 Å². The monoisotopic (exact) mass is 370 g/mol. The second-order valence-electron chi connectivity index (χ2n) is 6.08. The number of hydrogen-bond acceptors (Lipinski definition) is 5. The van der Waals surface area contributed by atoms with E-state index in [4.69, 9.17) is 16.3 Å². The van der Waals surface area contributed by atoms with Crippen LogP contribution in [0.25, 0.3) is 6.08 Å². The Hall–Kier alpha value is -2.99. The molecule has 3 rings (SSSR count). The van der Waals surface area contributed by atoms with E-state index in [1.807, 2.05) is 24.3 Å². The number of halogens is 1. The van der Waals surface area contributed by atoms with Crippen LogP contribution in [-0.2, 0) is 9.53 Å². The van der Waals surface area contributed by atoms with Crippen LogP contribution in [0.3, 0.4) is 0 Å². The molecule has 0 fully saturated rings. The van der Waals surface area contributed by atoms with Gasteiger partial charge in [-0.15, -0.1) is 0 Å². The van der Waals surface area contributed by atoms with Crippen molar-refractivity contribution in [3.63, 3.8) is 0 Å². The predicted octanol–water partition coefficient (Wildman–Crippen LogP) is 4.72. The van der Waals surface area contributed by atoms with Gasteiger partial charge in [0.25, 0.3) is 5.69 Å². The van der Waals surface area contributed by atoms with Gasteiger partial charge in [-0.1, -0.05) is 49.7 Å². The van der Waals surface area contributed by atoms with Crippen LogP contribution in [0.2, 0.25) is 5.02 Å². The predicted molar refractivity (Wildman–Crippen MR) is 99.2 cm³/mol. The summed E-state index contributed by atoms with van der Waals surface area (Å²) in [4.78, 5) is 26.5. The van der Waals surface area contributed by atoms with Gasteiger partial charge in [-0.3, -0.25) is 10.1 Å². The van der Waals surface area contributed by atoms with Crippen molar-refractivity contribution >= 4 is 35.2 Å². The van der Waals surface area contributed by atoms with Crippen molar-refractivity contribution < 1.29 is 14.5 Å². The number of aliphatic imine (C=N–C) groups is 1. The van der Waals surface area contributed by atoms with Crippen molar-refractivity contribution in [2.24, 2.45) is 4.99 Å². The average molecular weight is 371 g/mol. The molecule has 0 unspecified atom stereocenters. The van der Waals surface area contributed by atoms with E-state index in [0.717, 1.165) is 5.56 Å². The Morgan fingerprint density at radius 1 is 1.19 bits per heavy atom. The number of non-ortho nitro benzene ring substituents is 1. The van der Waals surface area contributed by atoms with Crippen LogP contribution in [0.4, 0.5) is 5.69 Å². The lowest BCUT2D eigenvalue weighted by Crippen LogP contribution is -2.06. The maximum Gasteiger partial charge on any atom is 0.363 e. The van der Waals surface area contributed by atoms with Crippen molar-refractivity contribution in [2.45, 2.75) is 19.8 Å². The van der Waals surface area contributed by atoms with Gasteiger partial charge in [-0.2, -0.15) is 0 Å². The highest BCUT2D eigenvalue weighted by Gasteiger charge is 2.26. The van der Waals surface area contributed by atoms with Gasteiger partial charge in [0.05, 0.1) is 15.5 Å². The zero-order chi connectivity index (χ0) is 18.8. The van der Waals surface area contributed by atoms with Crippen LogP contribution in [0.1, 0.15) is 36.5 Å². The van der Waals surface area contributed by atoms with Crippen LogP contribution in [-0.4, -0.2) is 16.8 Å². The molecule has 2 aromatic rings. The molecule has 7 heteroatoms. The number of cyclic esters (lactones) is 1. The quantitative estimate of drug-likeness (QED) is 0.337. The van der Waals surface area contributed by atoms with Crippen LogP contribution in [0.15, 0.2) is 53.2 Å². The SMILES string of the molecule is CC(C)c1ccc(C=C2N=C(c3ccc([N+](=O)[O-])cc3Cl)OC2=O)cc1. The topological polar surface area (TPSA) is 81.8 Å². The molecule has 0 atom stereocenters. The largest absolute Gasteiger partial charge is 0.402 e. The molecule has 0 spiro atoms. The fourth-order valence-electron chi connectivity index (χ4n) is 2.45. The minimum atomic E-state index is -0.595. The summed E-state index contributed by atoms with van der Waals surface area (Å²) >= 11 is 6.06. The third kappa shape index (κ3) is 3.65. The zero-order valence-electron chi connectivity index (χ0n) is 14.1. The third-order valence-corrected chi connectivity index (χ3v) is 4.23. The molecular formula is C19H15ClN2O4. The molecule has 0 amide bonds. The van der Waals surface area contributed by atoms with Gasteiger partial charge < -0.3 is 4.74 Å². The normalized spacial score (nSPS) is 15.3. The van der Waals surface area contributed by atoms with Crippen LogP contribution in [0.5, 0.6) is 0 Å². The van der Waals surface area contributed by atoms with Crippen LogP contribution in [0, 0.1) is 10.1 Å². The zero-order valence-corrected chi connectivity index (χ0v) is 14.9. The fourth-order valence-corrected chi connectivity index (χ4v) is 2.71. The molecule has 1 heterocycles. The molecule has 0 N–H and O–H groups in total. The fraction of sp³-hybridized carbons (Fsp3) is 0.158. The van der Waals surface area contributed by atoms with Gasteiger partial charge in [0, 0.05) is 12.1 Å². The van der Waals surface area contributed by atoms with Gasteiger partial charge in [0.1, 0.15) is 0 Å². The Bertz CT molecular complexity index is 947. The van der Waals surface area contributed by atoms with E-state index in [1.165, 1.54) is 23.8 Å². The molecule has 1 aliphatic rings. The first-order chi connectivity index (χ1) is 12.3. The number of nitro groups is 1. The molecule has 0 radical (unpaired) electrons. The van der Waals surface area contributed by atoms with Crippen molar-refractivity contribution in [1.29, 1.82) is 0 Å². The molecule has 132 valence electrons. The molecule has 2 aromatic carbocycles. The molecule has 0 aromatic heterocycles. The summed E-state index contributed by atoms with van der Waals surface area (Å²) in [5.74, 6) is -0.149. The molecule has 0 saturated carbocycles. The second-order valence-corrected chi connectivity index (χ2v) is 6.49. The summed E-state index contributed by atoms with van der Waals surface area (Å²) < 4.78 is 5.16. The van der Waals surface area contributed by atoms with E-state index in [-0.39, 0.29) is 22.3 Å². The Morgan fingerprint density at radius 2 is 1.88 bits per heavy atom. The smallest absolute Gasteiger partial charge is 0.363 e. The van der Waals surface area contributed by atoms with E-state index in [9.17, 15) is 14.9 Å². The van der Waals surface area contributed by atoms with E-state index < -0.39 is 10.9 Å². The first kappa shape index (κ1) is 17.8. The Morgan fingerprint density at radius 3 is 2.46 bits per heavy atom. The number of carbonyl (C=O) groups is 1. The summed E-state index contributed by atoms with van der Waals surface area (Å²) in [6.07, 6.45) is 1.62. The highest BCUT2D eigenvalue weighted by Crippen LogP contribution is 2.27. The minimum absolute atomic E-state index is 0.0277. The Kier molecular flexibility index (Phi) is 4.86. The summed E-state index contributed by atoms with van der Waals surface area (Å²) in [6.45, 7) is 4.21. The number of benzene rings is 2. The number of hydrogen-bond donors (Lipinski definition) is 0. The molecule has 1 aliphatic heterocycles.